The lowest BCUT2D eigenvalue weighted by Gasteiger charge is -2.00. The second-order valence-corrected chi connectivity index (χ2v) is 4.91. The smallest absolute Gasteiger partial charge is 0.143 e. The minimum Gasteiger partial charge on any atom is -0.399 e. The molecule has 0 unspecified atom stereocenters. The molecule has 0 bridgehead atoms. The molecular formula is C18H17F2N. The number of benzene rings is 2. The molecule has 1 nitrogen and oxygen atoms in total. The number of nitrogen functional groups attached to an aromatic ring is 1. The Labute approximate surface area is 123 Å². The number of anilines is 1. The first-order chi connectivity index (χ1) is 10.1. The molecule has 21 heavy (non-hydrogen) atoms. The molecule has 0 aromatic heterocycles. The normalized spacial score (nSPS) is 10.0. The van der Waals surface area contributed by atoms with Crippen LogP contribution in [0.25, 0.3) is 0 Å². The Hall–Kier alpha value is -2.34. The molecule has 2 aromatic rings. The van der Waals surface area contributed by atoms with E-state index in [9.17, 15) is 8.78 Å². The van der Waals surface area contributed by atoms with E-state index in [0.29, 0.717) is 0 Å². The highest BCUT2D eigenvalue weighted by molar-refractivity contribution is 5.49. The van der Waals surface area contributed by atoms with Gasteiger partial charge in [-0.2, -0.15) is 0 Å². The molecule has 0 amide bonds. The van der Waals surface area contributed by atoms with Gasteiger partial charge in [0.25, 0.3) is 0 Å². The van der Waals surface area contributed by atoms with Gasteiger partial charge in [0, 0.05) is 11.3 Å². The van der Waals surface area contributed by atoms with Crippen LogP contribution in [0.5, 0.6) is 0 Å². The SMILES string of the molecule is CCCCc1ccc(C#Cc2c(F)cc(N)cc2F)cc1. The molecule has 2 rings (SSSR count). The summed E-state index contributed by atoms with van der Waals surface area (Å²) < 4.78 is 27.2. The van der Waals surface area contributed by atoms with Crippen molar-refractivity contribution in [3.05, 3.63) is 64.7 Å². The van der Waals surface area contributed by atoms with E-state index >= 15 is 0 Å². The number of aryl methyl sites for hydroxylation is 1. The van der Waals surface area contributed by atoms with Gasteiger partial charge in [-0.15, -0.1) is 0 Å². The number of hydrogen-bond acceptors (Lipinski definition) is 1. The van der Waals surface area contributed by atoms with Crippen LogP contribution in [0.3, 0.4) is 0 Å². The Morgan fingerprint density at radius 1 is 1.00 bits per heavy atom. The average Bonchev–Trinajstić information content (AvgIpc) is 2.45. The Balaban J connectivity index is 2.19. The van der Waals surface area contributed by atoms with Crippen LogP contribution in [0.1, 0.15) is 36.5 Å². The van der Waals surface area contributed by atoms with Gasteiger partial charge in [-0.3, -0.25) is 0 Å². The topological polar surface area (TPSA) is 26.0 Å². The molecule has 0 saturated heterocycles. The third-order valence-electron chi connectivity index (χ3n) is 3.17. The van der Waals surface area contributed by atoms with E-state index in [2.05, 4.69) is 18.8 Å². The van der Waals surface area contributed by atoms with Crippen LogP contribution in [0.15, 0.2) is 36.4 Å². The lowest BCUT2D eigenvalue weighted by Crippen LogP contribution is -1.94. The van der Waals surface area contributed by atoms with Crippen LogP contribution in [0, 0.1) is 23.5 Å². The zero-order valence-electron chi connectivity index (χ0n) is 11.9. The van der Waals surface area contributed by atoms with Crippen molar-refractivity contribution in [2.75, 3.05) is 5.73 Å². The highest BCUT2D eigenvalue weighted by Gasteiger charge is 2.07. The standard InChI is InChI=1S/C18H17F2N/c1-2-3-4-13-5-7-14(8-6-13)9-10-16-17(19)11-15(21)12-18(16)20/h5-8,11-12H,2-4,21H2,1H3. The van der Waals surface area contributed by atoms with Gasteiger partial charge in [-0.25, -0.2) is 8.78 Å². The van der Waals surface area contributed by atoms with Crippen molar-refractivity contribution in [1.82, 2.24) is 0 Å². The fourth-order valence-electron chi connectivity index (χ4n) is 1.98. The zero-order chi connectivity index (χ0) is 15.2. The lowest BCUT2D eigenvalue weighted by atomic mass is 10.1. The van der Waals surface area contributed by atoms with E-state index in [1.54, 1.807) is 0 Å². The molecule has 0 heterocycles. The molecule has 0 atom stereocenters. The number of hydrogen-bond donors (Lipinski definition) is 1. The Morgan fingerprint density at radius 3 is 2.19 bits per heavy atom. The molecule has 0 spiro atoms. The van der Waals surface area contributed by atoms with E-state index in [0.717, 1.165) is 37.0 Å². The predicted octanol–water partition coefficient (Wildman–Crippen LogP) is 4.29. The molecule has 3 heteroatoms. The van der Waals surface area contributed by atoms with Crippen molar-refractivity contribution in [1.29, 1.82) is 0 Å². The first-order valence-electron chi connectivity index (χ1n) is 6.95. The maximum atomic E-state index is 13.6. The molecule has 0 saturated carbocycles. The highest BCUT2D eigenvalue weighted by Crippen LogP contribution is 2.16. The van der Waals surface area contributed by atoms with Crippen LogP contribution in [-0.4, -0.2) is 0 Å². The Bertz CT molecular complexity index is 656. The third kappa shape index (κ3) is 4.06. The van der Waals surface area contributed by atoms with E-state index < -0.39 is 11.6 Å². The Kier molecular flexibility index (Phi) is 4.94. The van der Waals surface area contributed by atoms with Gasteiger partial charge >= 0.3 is 0 Å². The van der Waals surface area contributed by atoms with Gasteiger partial charge in [0.2, 0.25) is 0 Å². The van der Waals surface area contributed by atoms with E-state index in [1.807, 2.05) is 24.3 Å². The van der Waals surface area contributed by atoms with Crippen LogP contribution < -0.4 is 5.73 Å². The molecule has 0 aliphatic rings. The summed E-state index contributed by atoms with van der Waals surface area (Å²) in [6.07, 6.45) is 3.33. The summed E-state index contributed by atoms with van der Waals surface area (Å²) >= 11 is 0. The van der Waals surface area contributed by atoms with Crippen LogP contribution >= 0.6 is 0 Å². The summed E-state index contributed by atoms with van der Waals surface area (Å²) in [4.78, 5) is 0. The van der Waals surface area contributed by atoms with Crippen molar-refractivity contribution < 1.29 is 8.78 Å². The van der Waals surface area contributed by atoms with Gasteiger partial charge in [0.15, 0.2) is 0 Å². The van der Waals surface area contributed by atoms with Gasteiger partial charge in [0.1, 0.15) is 11.6 Å². The largest absolute Gasteiger partial charge is 0.399 e. The van der Waals surface area contributed by atoms with Crippen molar-refractivity contribution in [3.63, 3.8) is 0 Å². The predicted molar refractivity (Wildman–Crippen MR) is 81.8 cm³/mol. The molecule has 0 aliphatic carbocycles. The van der Waals surface area contributed by atoms with Crippen molar-refractivity contribution in [2.24, 2.45) is 0 Å². The molecule has 2 N–H and O–H groups in total. The van der Waals surface area contributed by atoms with Crippen LogP contribution in [-0.2, 0) is 6.42 Å². The molecule has 108 valence electrons. The molecule has 0 aliphatic heterocycles. The first-order valence-corrected chi connectivity index (χ1v) is 6.95. The van der Waals surface area contributed by atoms with Crippen molar-refractivity contribution in [2.45, 2.75) is 26.2 Å². The lowest BCUT2D eigenvalue weighted by molar-refractivity contribution is 0.578. The van der Waals surface area contributed by atoms with E-state index in [4.69, 9.17) is 5.73 Å². The van der Waals surface area contributed by atoms with Gasteiger partial charge in [0.05, 0.1) is 5.56 Å². The first kappa shape index (κ1) is 15.1. The maximum absolute atomic E-state index is 13.6. The molecular weight excluding hydrogens is 268 g/mol. The Morgan fingerprint density at radius 2 is 1.62 bits per heavy atom. The second kappa shape index (κ2) is 6.90. The summed E-state index contributed by atoms with van der Waals surface area (Å²) in [5, 5.41) is 0. The molecule has 2 aromatic carbocycles. The quantitative estimate of drug-likeness (QED) is 0.660. The fourth-order valence-corrected chi connectivity index (χ4v) is 1.98. The van der Waals surface area contributed by atoms with Crippen LogP contribution in [0.4, 0.5) is 14.5 Å². The van der Waals surface area contributed by atoms with Gasteiger partial charge < -0.3 is 5.73 Å². The summed E-state index contributed by atoms with van der Waals surface area (Å²) in [5.74, 6) is 3.83. The van der Waals surface area contributed by atoms with Gasteiger partial charge in [-0.05, 0) is 42.7 Å². The third-order valence-corrected chi connectivity index (χ3v) is 3.17. The summed E-state index contributed by atoms with van der Waals surface area (Å²) in [6.45, 7) is 2.15. The zero-order valence-corrected chi connectivity index (χ0v) is 11.9. The van der Waals surface area contributed by atoms with E-state index in [-0.39, 0.29) is 11.3 Å². The maximum Gasteiger partial charge on any atom is 0.143 e. The minimum atomic E-state index is -0.737. The average molecular weight is 285 g/mol. The number of halogens is 2. The van der Waals surface area contributed by atoms with Crippen molar-refractivity contribution >= 4 is 5.69 Å². The van der Waals surface area contributed by atoms with Crippen molar-refractivity contribution in [3.8, 4) is 11.8 Å². The highest BCUT2D eigenvalue weighted by atomic mass is 19.1. The minimum absolute atomic E-state index is 0.0517. The number of nitrogens with two attached hydrogens (primary N) is 1. The van der Waals surface area contributed by atoms with Gasteiger partial charge in [-0.1, -0.05) is 37.3 Å². The van der Waals surface area contributed by atoms with E-state index in [1.165, 1.54) is 5.56 Å². The second-order valence-electron chi connectivity index (χ2n) is 4.91. The monoisotopic (exact) mass is 285 g/mol. The molecule has 0 fully saturated rings. The summed E-state index contributed by atoms with van der Waals surface area (Å²) in [7, 11) is 0. The number of unbranched alkanes of at least 4 members (excludes halogenated alkanes) is 1. The summed E-state index contributed by atoms with van der Waals surface area (Å²) in [5.41, 5.74) is 7.14. The number of rotatable bonds is 3. The summed E-state index contributed by atoms with van der Waals surface area (Å²) in [6, 6.07) is 9.86. The fraction of sp³-hybridized carbons (Fsp3) is 0.222. The molecule has 0 radical (unpaired) electrons. The van der Waals surface area contributed by atoms with Crippen LogP contribution in [0.2, 0.25) is 0 Å².